The Morgan fingerprint density at radius 3 is 0.682 bits per heavy atom. The van der Waals surface area contributed by atoms with Gasteiger partial charge in [0.1, 0.15) is 11.1 Å². The van der Waals surface area contributed by atoms with Crippen LogP contribution in [-0.4, -0.2) is 315 Å². The number of carbonyl (C=O) groups excluding carboxylic acids is 10. The second-order valence-corrected chi connectivity index (χ2v) is 25.6. The summed E-state index contributed by atoms with van der Waals surface area (Å²) < 4.78 is 47.4. The smallest absolute Gasteiger partial charge is 0.222 e. The van der Waals surface area contributed by atoms with Crippen molar-refractivity contribution in [1.82, 2.24) is 58.5 Å². The molecule has 0 aromatic heterocycles. The highest BCUT2D eigenvalue weighted by Gasteiger charge is 2.36. The first-order chi connectivity index (χ1) is 52.2. The summed E-state index contributed by atoms with van der Waals surface area (Å²) in [5.41, 5.74) is 55.9. The molecular formula is C64H126N28O18. The molecule has 0 bridgehead atoms. The number of ether oxygens (including phenoxy) is 8. The summed E-state index contributed by atoms with van der Waals surface area (Å²) >= 11 is 0. The van der Waals surface area contributed by atoms with Gasteiger partial charge < -0.3 is 159 Å². The van der Waals surface area contributed by atoms with Crippen LogP contribution in [0, 0.1) is 0 Å². The molecule has 0 aliphatic carbocycles. The van der Waals surface area contributed by atoms with Gasteiger partial charge in [0.05, 0.1) is 157 Å². The fourth-order valence-corrected chi connectivity index (χ4v) is 8.97. The number of guanidine groups is 5. The molecule has 0 fully saturated rings. The lowest BCUT2D eigenvalue weighted by Crippen LogP contribution is -2.59. The fourth-order valence-electron chi connectivity index (χ4n) is 8.97. The predicted molar refractivity (Wildman–Crippen MR) is 411 cm³/mol. The lowest BCUT2D eigenvalue weighted by atomic mass is 10.0. The number of carbonyl (C=O) groups is 10. The second-order valence-electron chi connectivity index (χ2n) is 25.6. The number of amidine groups is 1. The highest BCUT2D eigenvalue weighted by Crippen LogP contribution is 2.14. The standard InChI is InChI=1S/C64H126N28O18/c1-45(65)76-17-18-79-49(95)9-31-105-39-63(40-106-32-10-50(96)80-19-24-85-57(66)67,41-107-33-11-51(97)81-20-25-86-58(68)69)91-55(101)5-15-77-47(93)7-29-103-37-46(90-62(2,3)4)38-104-30-8-48(94)78-16-6-56(102)92-64(42-108-34-12-52(98)82-21-26-87-59(70)71,43-109-35-13-53(99)83-22-27-88-60(72)73)44-110-36-14-54(100)84-23-28-89-61(74)75/h46,90H,5-44H2,1-4H3,(H2,65,76)(H,77,93)(H,78,94)(H,79,95)(H,80,96)(H,81,97)(H,82,98)(H,83,99)(H,84,100)(H,91,101)(H,92,102)(H4,66,67,85)(H4,68,69,86)(H4,70,71,87)(H4,72,73,88)(H4,74,75,89). The van der Waals surface area contributed by atoms with Crippen LogP contribution in [0.15, 0.2) is 30.0 Å². The molecule has 0 rings (SSSR count). The van der Waals surface area contributed by atoms with Crippen LogP contribution in [0.5, 0.6) is 0 Å². The van der Waals surface area contributed by atoms with E-state index in [4.69, 9.17) is 101 Å². The molecule has 0 aliphatic rings. The van der Waals surface area contributed by atoms with Gasteiger partial charge in [0.15, 0.2) is 29.8 Å². The summed E-state index contributed by atoms with van der Waals surface area (Å²) in [6.07, 6.45) is -1.19. The number of hydrogen-bond acceptors (Lipinski definition) is 25. The van der Waals surface area contributed by atoms with E-state index in [2.05, 4.69) is 88.4 Å². The Morgan fingerprint density at radius 2 is 0.482 bits per heavy atom. The normalized spacial score (nSPS) is 11.7. The maximum Gasteiger partial charge on any atom is 0.222 e. The minimum atomic E-state index is -1.47. The van der Waals surface area contributed by atoms with Crippen LogP contribution in [0.25, 0.3) is 0 Å². The Balaban J connectivity index is 5.97. The zero-order valence-electron chi connectivity index (χ0n) is 64.2. The molecule has 0 aromatic rings. The zero-order valence-corrected chi connectivity index (χ0v) is 64.2. The molecule has 33 N–H and O–H groups in total. The lowest BCUT2D eigenvalue weighted by Gasteiger charge is -2.34. The number of nitrogens with zero attached hydrogens (tertiary/aromatic N) is 6. The molecule has 0 aliphatic heterocycles. The maximum atomic E-state index is 13.8. The van der Waals surface area contributed by atoms with E-state index in [0.717, 1.165) is 0 Å². The van der Waals surface area contributed by atoms with Crippen molar-refractivity contribution in [2.24, 2.45) is 93.0 Å². The maximum absolute atomic E-state index is 13.8. The number of nitrogens with one attached hydrogen (secondary N) is 11. The monoisotopic (exact) mass is 1570 g/mol. The number of nitrogens with two attached hydrogens (primary N) is 11. The summed E-state index contributed by atoms with van der Waals surface area (Å²) in [5, 5.41) is 30.6. The Kier molecular flexibility index (Phi) is 56.4. The molecule has 0 spiro atoms. The molecular weight excluding hydrogens is 1450 g/mol. The van der Waals surface area contributed by atoms with Gasteiger partial charge in [-0.2, -0.15) is 0 Å². The van der Waals surface area contributed by atoms with Crippen LogP contribution >= 0.6 is 0 Å². The van der Waals surface area contributed by atoms with Crippen molar-refractivity contribution in [2.45, 2.75) is 115 Å². The van der Waals surface area contributed by atoms with Gasteiger partial charge >= 0.3 is 0 Å². The Labute approximate surface area is 641 Å². The van der Waals surface area contributed by atoms with Gasteiger partial charge in [-0.05, 0) is 27.7 Å². The SMILES string of the molecule is CC(N)=NCCNC(=O)CCOCC(COCCC(=O)NCCN=C(N)N)(COCCC(=O)NCCN=C(N)N)NC(=O)CCNC(=O)CCOCC(COCCC(=O)NCCC(=O)NC(COCCC(=O)NCCN=C(N)N)(COCCC(=O)NCCN=C(N)N)COCCC(=O)NCCN=C(N)N)NC(C)(C)C. The Hall–Kier alpha value is -9.84. The van der Waals surface area contributed by atoms with Crippen molar-refractivity contribution in [3.63, 3.8) is 0 Å². The Morgan fingerprint density at radius 1 is 0.282 bits per heavy atom. The number of amides is 10. The third-order valence-corrected chi connectivity index (χ3v) is 13.9. The molecule has 10 amide bonds. The largest absolute Gasteiger partial charge is 0.388 e. The minimum absolute atomic E-state index is 0.0192. The first-order valence-corrected chi connectivity index (χ1v) is 35.9. The van der Waals surface area contributed by atoms with Gasteiger partial charge in [-0.1, -0.05) is 0 Å². The van der Waals surface area contributed by atoms with E-state index < -0.39 is 46.3 Å². The van der Waals surface area contributed by atoms with Crippen molar-refractivity contribution >= 4 is 94.7 Å². The van der Waals surface area contributed by atoms with Crippen LogP contribution < -0.4 is 122 Å². The van der Waals surface area contributed by atoms with Crippen molar-refractivity contribution < 1.29 is 85.8 Å². The summed E-state index contributed by atoms with van der Waals surface area (Å²) in [5.74, 6) is -4.54. The molecule has 0 heterocycles. The van der Waals surface area contributed by atoms with E-state index in [1.165, 1.54) is 0 Å². The van der Waals surface area contributed by atoms with Crippen LogP contribution in [0.3, 0.4) is 0 Å². The van der Waals surface area contributed by atoms with E-state index in [9.17, 15) is 47.9 Å². The molecule has 1 unspecified atom stereocenters. The van der Waals surface area contributed by atoms with Crippen LogP contribution in [0.1, 0.15) is 91.9 Å². The predicted octanol–water partition coefficient (Wildman–Crippen LogP) is -10.8. The molecule has 630 valence electrons. The Bertz CT molecular complexity index is 2480. The van der Waals surface area contributed by atoms with Crippen molar-refractivity contribution in [3.05, 3.63) is 0 Å². The molecule has 46 heteroatoms. The van der Waals surface area contributed by atoms with E-state index >= 15 is 0 Å². The lowest BCUT2D eigenvalue weighted by molar-refractivity contribution is -0.131. The summed E-state index contributed by atoms with van der Waals surface area (Å²) in [4.78, 5) is 152. The molecule has 1 atom stereocenters. The van der Waals surface area contributed by atoms with E-state index in [1.807, 2.05) is 20.8 Å². The van der Waals surface area contributed by atoms with Crippen molar-refractivity contribution in [3.8, 4) is 0 Å². The van der Waals surface area contributed by atoms with Gasteiger partial charge in [0.25, 0.3) is 0 Å². The summed E-state index contributed by atoms with van der Waals surface area (Å²) in [7, 11) is 0. The quantitative estimate of drug-likeness (QED) is 0.0153. The molecule has 0 radical (unpaired) electrons. The van der Waals surface area contributed by atoms with E-state index in [-0.39, 0.29) is 327 Å². The van der Waals surface area contributed by atoms with Gasteiger partial charge in [0, 0.05) is 122 Å². The van der Waals surface area contributed by atoms with Gasteiger partial charge in [-0.25, -0.2) is 0 Å². The minimum Gasteiger partial charge on any atom is -0.388 e. The average molecular weight is 1580 g/mol. The highest BCUT2D eigenvalue weighted by atomic mass is 16.5. The summed E-state index contributed by atoms with van der Waals surface area (Å²) in [6.45, 7) is 7.07. The molecule has 0 aromatic carbocycles. The average Bonchev–Trinajstić information content (AvgIpc) is 0.860. The zero-order chi connectivity index (χ0) is 82.3. The third-order valence-electron chi connectivity index (χ3n) is 13.9. The first-order valence-electron chi connectivity index (χ1n) is 35.9. The van der Waals surface area contributed by atoms with Gasteiger partial charge in [-0.3, -0.25) is 77.9 Å². The topological polar surface area (TPSA) is 737 Å². The fraction of sp³-hybridized carbons (Fsp3) is 0.750. The first kappa shape index (κ1) is 100. The number of rotatable bonds is 67. The van der Waals surface area contributed by atoms with E-state index in [1.54, 1.807) is 6.92 Å². The van der Waals surface area contributed by atoms with Crippen LogP contribution in [0.4, 0.5) is 0 Å². The summed E-state index contributed by atoms with van der Waals surface area (Å²) in [6, 6.07) is -0.401. The number of aliphatic imine (C=N–C) groups is 6. The van der Waals surface area contributed by atoms with Crippen LogP contribution in [-0.2, 0) is 85.8 Å². The second kappa shape index (κ2) is 62.0. The van der Waals surface area contributed by atoms with Gasteiger partial charge in [-0.15, -0.1) is 0 Å². The third kappa shape index (κ3) is 63.1. The highest BCUT2D eigenvalue weighted by molar-refractivity contribution is 5.82. The van der Waals surface area contributed by atoms with Gasteiger partial charge in [0.2, 0.25) is 59.1 Å². The number of hydrogen-bond donors (Lipinski definition) is 22. The molecule has 0 saturated heterocycles. The van der Waals surface area contributed by atoms with Crippen LogP contribution in [0.2, 0.25) is 0 Å². The van der Waals surface area contributed by atoms with E-state index in [0.29, 0.717) is 5.84 Å². The molecule has 110 heavy (non-hydrogen) atoms. The molecule has 46 nitrogen and oxygen atoms in total. The van der Waals surface area contributed by atoms with Crippen molar-refractivity contribution in [2.75, 3.05) is 197 Å². The molecule has 0 saturated carbocycles. The van der Waals surface area contributed by atoms with Crippen molar-refractivity contribution in [1.29, 1.82) is 0 Å².